The lowest BCUT2D eigenvalue weighted by Gasteiger charge is -2.27. The van der Waals surface area contributed by atoms with Gasteiger partial charge in [-0.3, -0.25) is 0 Å². The monoisotopic (exact) mass is 1300 g/mol. The summed E-state index contributed by atoms with van der Waals surface area (Å²) in [6.45, 7) is 87.6. The van der Waals surface area contributed by atoms with E-state index in [0.29, 0.717) is 96.9 Å². The number of hydrogen-bond donors (Lipinski definition) is 10. The first-order valence-electron chi connectivity index (χ1n) is 36.6. The zero-order valence-electron chi connectivity index (χ0n) is 69.5. The summed E-state index contributed by atoms with van der Waals surface area (Å²) in [6.07, 6.45) is 10.4. The van der Waals surface area contributed by atoms with Gasteiger partial charge in [-0.1, -0.05) is 263 Å². The van der Waals surface area contributed by atoms with Crippen LogP contribution in [0.25, 0.3) is 0 Å². The second kappa shape index (κ2) is 65.9. The van der Waals surface area contributed by atoms with Crippen molar-refractivity contribution in [3.63, 3.8) is 0 Å². The Kier molecular flexibility index (Phi) is 83.3. The average Bonchev–Trinajstić information content (AvgIpc) is 3.34. The number of aliphatic hydroxyl groups excluding tert-OH is 9. The van der Waals surface area contributed by atoms with Crippen LogP contribution in [0, 0.1) is 105 Å². The molecule has 0 aliphatic heterocycles. The Balaban J connectivity index is -0.0000000849. The van der Waals surface area contributed by atoms with Crippen molar-refractivity contribution in [3.05, 3.63) is 0 Å². The summed E-state index contributed by atoms with van der Waals surface area (Å²) < 4.78 is 0. The zero-order chi connectivity index (χ0) is 75.1. The molecule has 0 saturated heterocycles. The van der Waals surface area contributed by atoms with Gasteiger partial charge in [0.25, 0.3) is 0 Å². The minimum Gasteiger partial charge on any atom is -0.396 e. The highest BCUT2D eigenvalue weighted by Crippen LogP contribution is 2.29. The normalized spacial score (nSPS) is 14.5. The summed E-state index contributed by atoms with van der Waals surface area (Å²) >= 11 is 0. The molecule has 0 saturated carbocycles. The van der Waals surface area contributed by atoms with E-state index in [1.807, 2.05) is 55.4 Å². The third kappa shape index (κ3) is 118. The fraction of sp³-hybridized carbons (Fsp3) is 1.00. The van der Waals surface area contributed by atoms with Gasteiger partial charge in [0.15, 0.2) is 0 Å². The number of rotatable bonds is 26. The average molecular weight is 1300 g/mol. The summed E-state index contributed by atoms with van der Waals surface area (Å²) in [6, 6.07) is 0. The van der Waals surface area contributed by atoms with E-state index in [-0.39, 0.29) is 46.8 Å². The Morgan fingerprint density at radius 2 is 0.789 bits per heavy atom. The van der Waals surface area contributed by atoms with Gasteiger partial charge in [-0.15, -0.1) is 0 Å². The van der Waals surface area contributed by atoms with Gasteiger partial charge in [0.1, 0.15) is 0 Å². The highest BCUT2D eigenvalue weighted by atomic mass is 16.3. The first-order chi connectivity index (χ1) is 40.0. The molecular formula is C80H182O10. The largest absolute Gasteiger partial charge is 0.396 e. The van der Waals surface area contributed by atoms with Gasteiger partial charge in [0.2, 0.25) is 0 Å². The molecule has 0 aromatic rings. The molecule has 0 aromatic carbocycles. The van der Waals surface area contributed by atoms with E-state index in [4.69, 9.17) is 35.7 Å². The molecule has 0 rings (SSSR count). The SMILES string of the molecule is CC(C)C(C)C(C)O.CC(C)C(C)CO.CC(C)CC(C)(C)CO.CC(C)CC(C)(C)O.CC(C)CC(C)CO.CC(C)CC(O)C(C)(C)C.CC(C)CC(O)C(C)C.CC(C)CCCO.CC(O)CC(C)(C)C.CCC(C)(C)C(C)C.CCC(O)CC(C)C. The van der Waals surface area contributed by atoms with Crippen LogP contribution in [0.5, 0.6) is 0 Å². The van der Waals surface area contributed by atoms with Crippen molar-refractivity contribution >= 4 is 0 Å². The smallest absolute Gasteiger partial charge is 0.0594 e. The molecule has 10 heteroatoms. The maximum atomic E-state index is 9.56. The molecule has 0 aliphatic carbocycles. The quantitative estimate of drug-likeness (QED) is 0.0397. The van der Waals surface area contributed by atoms with Crippen molar-refractivity contribution in [2.75, 3.05) is 26.4 Å². The van der Waals surface area contributed by atoms with Crippen LogP contribution >= 0.6 is 0 Å². The van der Waals surface area contributed by atoms with E-state index in [1.54, 1.807) is 0 Å². The molecule has 90 heavy (non-hydrogen) atoms. The Hall–Kier alpha value is -0.400. The predicted molar refractivity (Wildman–Crippen MR) is 405 cm³/mol. The highest BCUT2D eigenvalue weighted by molar-refractivity contribution is 4.74. The molecule has 0 radical (unpaired) electrons. The molecule has 0 spiro atoms. The lowest BCUT2D eigenvalue weighted by Crippen LogP contribution is -2.27. The molecule has 0 amide bonds. The van der Waals surface area contributed by atoms with Crippen LogP contribution in [0.3, 0.4) is 0 Å². The third-order valence-electron chi connectivity index (χ3n) is 15.4. The lowest BCUT2D eigenvalue weighted by atomic mass is 9.79. The molecule has 10 nitrogen and oxygen atoms in total. The summed E-state index contributed by atoms with van der Waals surface area (Å²) in [4.78, 5) is 0. The van der Waals surface area contributed by atoms with Crippen LogP contribution in [0.2, 0.25) is 0 Å². The molecule has 0 heterocycles. The Morgan fingerprint density at radius 1 is 0.400 bits per heavy atom. The van der Waals surface area contributed by atoms with Gasteiger partial charge in [-0.2, -0.15) is 0 Å². The van der Waals surface area contributed by atoms with Crippen LogP contribution in [-0.4, -0.2) is 114 Å². The molecule has 8 atom stereocenters. The summed E-state index contributed by atoms with van der Waals surface area (Å²) in [7, 11) is 0. The van der Waals surface area contributed by atoms with Gasteiger partial charge in [-0.05, 0) is 196 Å². The highest BCUT2D eigenvalue weighted by Gasteiger charge is 2.23. The molecule has 0 bridgehead atoms. The minimum absolute atomic E-state index is 0.0459. The molecule has 0 aliphatic rings. The van der Waals surface area contributed by atoms with Gasteiger partial charge in [-0.25, -0.2) is 0 Å². The van der Waals surface area contributed by atoms with Crippen molar-refractivity contribution in [2.24, 2.45) is 105 Å². The first-order valence-corrected chi connectivity index (χ1v) is 36.6. The zero-order valence-corrected chi connectivity index (χ0v) is 69.5. The van der Waals surface area contributed by atoms with E-state index < -0.39 is 5.60 Å². The Labute approximate surface area is 570 Å². The molecule has 562 valence electrons. The maximum Gasteiger partial charge on any atom is 0.0594 e. The third-order valence-corrected chi connectivity index (χ3v) is 15.4. The van der Waals surface area contributed by atoms with Crippen molar-refractivity contribution < 1.29 is 51.1 Å². The van der Waals surface area contributed by atoms with Gasteiger partial charge >= 0.3 is 0 Å². The van der Waals surface area contributed by atoms with E-state index in [1.165, 1.54) is 6.42 Å². The van der Waals surface area contributed by atoms with Crippen LogP contribution in [-0.2, 0) is 0 Å². The Morgan fingerprint density at radius 3 is 0.856 bits per heavy atom. The standard InChI is InChI=1S/C9H20O.2C8H18O.C8H18.5C7H16O.2C6H14O/c1-7(2)6-8(10)9(3,4)5;1-7(2)5-8(3,4)6-9;1-6(2)5-8(9)7(3)4;1-6-8(4,5)7(2)3;1-6(8)5-7(2,3)4;1-6(2)5-7(3,4)8;1-6(2)4-7(3)5-8;1-5(2)6(3)7(4)8;1-4-7(8)5-6(2)3;1-5(2)6(3)4-7;1-6(2)4-3-5-7/h7-8,10H,6H2,1-5H3;7,9H,5-6H2,1-4H3;6-9H,5H2,1-4H3;7H,6H2,1-5H3;2*6,8H,5H2,1-4H3;6-8H,4-5H2,1-3H3;5-8H,1-4H3;6-8H,4-5H2,1-3H3;5-7H,4H2,1-3H3;6-7H,3-5H2,1-2H3. The fourth-order valence-corrected chi connectivity index (χ4v) is 7.88. The Bertz CT molecular complexity index is 1300. The van der Waals surface area contributed by atoms with Crippen molar-refractivity contribution in [2.45, 2.75) is 391 Å². The van der Waals surface area contributed by atoms with E-state index >= 15 is 0 Å². The van der Waals surface area contributed by atoms with Crippen LogP contribution in [0.4, 0.5) is 0 Å². The van der Waals surface area contributed by atoms with E-state index in [2.05, 4.69) is 228 Å². The van der Waals surface area contributed by atoms with Crippen molar-refractivity contribution in [1.82, 2.24) is 0 Å². The lowest BCUT2D eigenvalue weighted by molar-refractivity contribution is 0.0452. The molecule has 0 aromatic heterocycles. The molecule has 8 unspecified atom stereocenters. The second-order valence-corrected chi connectivity index (χ2v) is 35.5. The van der Waals surface area contributed by atoms with Crippen LogP contribution in [0.1, 0.15) is 355 Å². The van der Waals surface area contributed by atoms with Gasteiger partial charge < -0.3 is 51.1 Å². The van der Waals surface area contributed by atoms with Gasteiger partial charge in [0, 0.05) is 26.4 Å². The summed E-state index contributed by atoms with van der Waals surface area (Å²) in [5.41, 5.74) is 0.501. The van der Waals surface area contributed by atoms with Gasteiger partial charge in [0.05, 0.1) is 36.1 Å². The summed E-state index contributed by atoms with van der Waals surface area (Å²) in [5.74, 6) is 8.37. The molecule has 10 N–H and O–H groups in total. The summed E-state index contributed by atoms with van der Waals surface area (Å²) in [5, 5.41) is 89.2. The topological polar surface area (TPSA) is 202 Å². The first kappa shape index (κ1) is 114. The maximum absolute atomic E-state index is 9.56. The van der Waals surface area contributed by atoms with Crippen LogP contribution < -0.4 is 0 Å². The van der Waals surface area contributed by atoms with Crippen molar-refractivity contribution in [1.29, 1.82) is 0 Å². The second-order valence-electron chi connectivity index (χ2n) is 35.5. The molecule has 0 fully saturated rings. The number of hydrogen-bond acceptors (Lipinski definition) is 10. The minimum atomic E-state index is -0.478. The van der Waals surface area contributed by atoms with E-state index in [0.717, 1.165) is 82.0 Å². The van der Waals surface area contributed by atoms with Crippen LogP contribution in [0.15, 0.2) is 0 Å². The molecular weight excluding hydrogens is 1120 g/mol. The number of aliphatic hydroxyl groups is 10. The van der Waals surface area contributed by atoms with E-state index in [9.17, 15) is 15.3 Å². The van der Waals surface area contributed by atoms with Crippen molar-refractivity contribution in [3.8, 4) is 0 Å². The fourth-order valence-electron chi connectivity index (χ4n) is 7.88. The predicted octanol–water partition coefficient (Wildman–Crippen LogP) is 21.0.